The number of rotatable bonds is 14. The molecule has 1 heterocycles. The lowest BCUT2D eigenvalue weighted by molar-refractivity contribution is 0.0368. The summed E-state index contributed by atoms with van der Waals surface area (Å²) < 4.78 is 47.7. The fourth-order valence-corrected chi connectivity index (χ4v) is 6.12. The minimum atomic E-state index is -3.90. The first kappa shape index (κ1) is 34.5. The van der Waals surface area contributed by atoms with E-state index in [-0.39, 0.29) is 19.8 Å². The van der Waals surface area contributed by atoms with Crippen LogP contribution >= 0.6 is 7.82 Å². The third-order valence-electron chi connectivity index (χ3n) is 7.37. The van der Waals surface area contributed by atoms with Gasteiger partial charge in [0.2, 0.25) is 0 Å². The van der Waals surface area contributed by atoms with E-state index in [1.165, 1.54) is 5.56 Å². The quantitative estimate of drug-likeness (QED) is 0.139. The summed E-state index contributed by atoms with van der Waals surface area (Å²) in [5.74, 6) is 1.32. The van der Waals surface area contributed by atoms with E-state index in [0.29, 0.717) is 30.9 Å². The second-order valence-corrected chi connectivity index (χ2v) is 14.2. The van der Waals surface area contributed by atoms with E-state index in [4.69, 9.17) is 27.8 Å². The highest BCUT2D eigenvalue weighted by molar-refractivity contribution is 7.48. The maximum atomic E-state index is 13.4. The molecule has 244 valence electrons. The highest BCUT2D eigenvalue weighted by Gasteiger charge is 2.36. The van der Waals surface area contributed by atoms with Crippen molar-refractivity contribution in [3.8, 4) is 11.5 Å². The van der Waals surface area contributed by atoms with Gasteiger partial charge in [0.05, 0.1) is 39.1 Å². The lowest BCUT2D eigenvalue weighted by Gasteiger charge is -2.33. The van der Waals surface area contributed by atoms with Crippen molar-refractivity contribution in [2.24, 2.45) is 0 Å². The Bertz CT molecular complexity index is 1410. The number of amides is 1. The van der Waals surface area contributed by atoms with E-state index in [1.54, 1.807) is 27.9 Å². The molecule has 1 aliphatic rings. The van der Waals surface area contributed by atoms with E-state index in [9.17, 15) is 9.36 Å². The highest BCUT2D eigenvalue weighted by atomic mass is 31.2. The minimum Gasteiger partial charge on any atom is -0.493 e. The number of alkyl carbamates (subject to hydrolysis) is 1. The average Bonchev–Trinajstić information content (AvgIpc) is 3.18. The predicted octanol–water partition coefficient (Wildman–Crippen LogP) is 8.18. The molecule has 45 heavy (non-hydrogen) atoms. The van der Waals surface area contributed by atoms with Crippen molar-refractivity contribution in [1.82, 2.24) is 5.32 Å². The Balaban J connectivity index is 1.36. The number of carbonyl (C=O) groups is 1. The first-order chi connectivity index (χ1) is 21.5. The van der Waals surface area contributed by atoms with Crippen LogP contribution in [0.1, 0.15) is 69.2 Å². The van der Waals surface area contributed by atoms with Crippen LogP contribution in [0.25, 0.3) is 0 Å². The number of unbranched alkanes of at least 4 members (excludes halogenated alkanes) is 1. The molecule has 0 radical (unpaired) electrons. The second-order valence-electron chi connectivity index (χ2n) is 12.5. The first-order valence-electron chi connectivity index (χ1n) is 15.4. The van der Waals surface area contributed by atoms with Crippen LogP contribution in [0.4, 0.5) is 4.79 Å². The highest BCUT2D eigenvalue weighted by Crippen LogP contribution is 2.53. The van der Waals surface area contributed by atoms with E-state index < -0.39 is 25.1 Å². The molecule has 0 saturated carbocycles. The van der Waals surface area contributed by atoms with Crippen LogP contribution in [-0.2, 0) is 48.9 Å². The van der Waals surface area contributed by atoms with Gasteiger partial charge in [-0.05, 0) is 94.2 Å². The van der Waals surface area contributed by atoms with Gasteiger partial charge in [-0.2, -0.15) is 0 Å². The summed E-state index contributed by atoms with van der Waals surface area (Å²) in [5, 5.41) is 2.93. The van der Waals surface area contributed by atoms with Crippen LogP contribution in [0.2, 0.25) is 0 Å². The van der Waals surface area contributed by atoms with Crippen molar-refractivity contribution >= 4 is 13.9 Å². The molecule has 0 aliphatic carbocycles. The van der Waals surface area contributed by atoms with Gasteiger partial charge < -0.3 is 19.5 Å². The number of carbonyl (C=O) groups excluding carboxylic acids is 1. The van der Waals surface area contributed by atoms with Crippen molar-refractivity contribution < 1.29 is 37.1 Å². The number of phosphoric acid groups is 1. The molecule has 1 N–H and O–H groups in total. The van der Waals surface area contributed by atoms with Gasteiger partial charge in [-0.3, -0.25) is 13.6 Å². The summed E-state index contributed by atoms with van der Waals surface area (Å²) in [4.78, 5) is 12.8. The van der Waals surface area contributed by atoms with Crippen LogP contribution in [-0.4, -0.2) is 37.6 Å². The molecule has 1 aliphatic heterocycles. The third-order valence-corrected chi connectivity index (χ3v) is 8.71. The number of hydrogen-bond donors (Lipinski definition) is 1. The molecular formula is C35H46NO8P. The van der Waals surface area contributed by atoms with Gasteiger partial charge in [0.15, 0.2) is 11.5 Å². The zero-order valence-electron chi connectivity index (χ0n) is 27.0. The number of aryl methyl sites for hydroxylation is 2. The molecule has 1 atom stereocenters. The molecule has 0 saturated heterocycles. The topological polar surface area (TPSA) is 102 Å². The monoisotopic (exact) mass is 639 g/mol. The number of fused-ring (bicyclic) bond motifs is 1. The third kappa shape index (κ3) is 11.2. The number of nitrogens with one attached hydrogen (secondary N) is 1. The molecule has 9 nitrogen and oxygen atoms in total. The van der Waals surface area contributed by atoms with Crippen molar-refractivity contribution in [2.45, 2.75) is 84.2 Å². The van der Waals surface area contributed by atoms with Crippen molar-refractivity contribution in [2.75, 3.05) is 20.3 Å². The van der Waals surface area contributed by atoms with Crippen LogP contribution < -0.4 is 14.8 Å². The molecule has 0 fully saturated rings. The Morgan fingerprint density at radius 2 is 1.51 bits per heavy atom. The van der Waals surface area contributed by atoms with Crippen molar-refractivity contribution in [3.63, 3.8) is 0 Å². The van der Waals surface area contributed by atoms with Crippen LogP contribution in [0.5, 0.6) is 11.5 Å². The SMILES string of the molecule is COc1cc(CC[C@](C)(COP2(=O)OCc3ccccc3CO2)NC(=O)OC(C)(C)C)ccc1OCCCCc1ccccc1. The van der Waals surface area contributed by atoms with Crippen LogP contribution in [0.3, 0.4) is 0 Å². The molecule has 3 aromatic rings. The lowest BCUT2D eigenvalue weighted by atomic mass is 9.94. The molecular weight excluding hydrogens is 593 g/mol. The fraction of sp³-hybridized carbons (Fsp3) is 0.457. The van der Waals surface area contributed by atoms with Gasteiger partial charge in [-0.25, -0.2) is 9.36 Å². The summed E-state index contributed by atoms with van der Waals surface area (Å²) in [6.07, 6.45) is 3.37. The number of benzene rings is 3. The molecule has 0 spiro atoms. The molecule has 4 rings (SSSR count). The smallest absolute Gasteiger partial charge is 0.475 e. The van der Waals surface area contributed by atoms with Crippen molar-refractivity contribution in [1.29, 1.82) is 0 Å². The molecule has 0 aromatic heterocycles. The van der Waals surface area contributed by atoms with Gasteiger partial charge in [-0.15, -0.1) is 0 Å². The first-order valence-corrected chi connectivity index (χ1v) is 16.9. The predicted molar refractivity (Wildman–Crippen MR) is 174 cm³/mol. The molecule has 1 amide bonds. The Morgan fingerprint density at radius 3 is 2.16 bits per heavy atom. The fourth-order valence-electron chi connectivity index (χ4n) is 4.86. The Morgan fingerprint density at radius 1 is 0.844 bits per heavy atom. The number of methoxy groups -OCH3 is 1. The van der Waals surface area contributed by atoms with Crippen LogP contribution in [0.15, 0.2) is 72.8 Å². The Hall–Kier alpha value is -3.36. The minimum absolute atomic E-state index is 0.102. The van der Waals surface area contributed by atoms with Gasteiger partial charge in [0, 0.05) is 0 Å². The Kier molecular flexibility index (Phi) is 12.1. The molecule has 0 bridgehead atoms. The zero-order chi connectivity index (χ0) is 32.3. The van der Waals surface area contributed by atoms with Crippen molar-refractivity contribution in [3.05, 3.63) is 95.1 Å². The largest absolute Gasteiger partial charge is 0.493 e. The van der Waals surface area contributed by atoms with E-state index in [1.807, 2.05) is 55.5 Å². The van der Waals surface area contributed by atoms with E-state index >= 15 is 0 Å². The van der Waals surface area contributed by atoms with E-state index in [0.717, 1.165) is 36.0 Å². The number of ether oxygens (including phenoxy) is 3. The summed E-state index contributed by atoms with van der Waals surface area (Å²) in [6, 6.07) is 23.8. The van der Waals surface area contributed by atoms with Gasteiger partial charge in [0.1, 0.15) is 5.60 Å². The molecule has 0 unspecified atom stereocenters. The molecule has 10 heteroatoms. The van der Waals surface area contributed by atoms with E-state index in [2.05, 4.69) is 29.6 Å². The number of hydrogen-bond acceptors (Lipinski definition) is 8. The second kappa shape index (κ2) is 15.8. The van der Waals surface area contributed by atoms with Gasteiger partial charge in [0.25, 0.3) is 0 Å². The molecule has 3 aromatic carbocycles. The number of phosphoric ester groups is 1. The maximum absolute atomic E-state index is 13.4. The summed E-state index contributed by atoms with van der Waals surface area (Å²) in [7, 11) is -2.28. The standard InChI is InChI=1S/C35H46NO8P/c1-34(2,3)44-33(37)36-35(4,26-43-45(38)41-24-29-16-9-10-17-30(29)25-42-45)21-20-28-18-19-31(32(23-28)39-5)40-22-12-11-15-27-13-7-6-8-14-27/h6-10,13-14,16-19,23H,11-12,15,20-22,24-26H2,1-5H3,(H,36,37)/t35-/m1/s1. The summed E-state index contributed by atoms with van der Waals surface area (Å²) >= 11 is 0. The average molecular weight is 640 g/mol. The zero-order valence-corrected chi connectivity index (χ0v) is 27.9. The van der Waals surface area contributed by atoms with Crippen LogP contribution in [0, 0.1) is 0 Å². The van der Waals surface area contributed by atoms with Gasteiger partial charge >= 0.3 is 13.9 Å². The van der Waals surface area contributed by atoms with Gasteiger partial charge in [-0.1, -0.05) is 60.7 Å². The normalized spacial score (nSPS) is 15.7. The maximum Gasteiger partial charge on any atom is 0.475 e. The lowest BCUT2D eigenvalue weighted by Crippen LogP contribution is -2.51. The summed E-state index contributed by atoms with van der Waals surface area (Å²) in [6.45, 7) is 7.87. The summed E-state index contributed by atoms with van der Waals surface area (Å²) in [5.41, 5.74) is 2.42. The Labute approximate surface area is 267 Å².